The summed E-state index contributed by atoms with van der Waals surface area (Å²) in [5.74, 6) is 1.63. The van der Waals surface area contributed by atoms with Crippen molar-refractivity contribution in [2.75, 3.05) is 28.3 Å². The zero-order valence-corrected chi connectivity index (χ0v) is 14.7. The van der Waals surface area contributed by atoms with Crippen molar-refractivity contribution in [3.8, 4) is 11.5 Å². The lowest BCUT2D eigenvalue weighted by Crippen LogP contribution is -3.06. The summed E-state index contributed by atoms with van der Waals surface area (Å²) in [6, 6.07) is 13.5. The van der Waals surface area contributed by atoms with Crippen molar-refractivity contribution in [2.24, 2.45) is 0 Å². The molecule has 1 atom stereocenters. The molecule has 0 aromatic heterocycles. The van der Waals surface area contributed by atoms with Gasteiger partial charge >= 0.3 is 0 Å². The van der Waals surface area contributed by atoms with Gasteiger partial charge in [-0.05, 0) is 30.3 Å². The molecule has 5 heteroatoms. The molecule has 2 N–H and O–H groups in total. The van der Waals surface area contributed by atoms with Gasteiger partial charge in [0.25, 0.3) is 5.91 Å². The molecule has 0 saturated heterocycles. The number of hydrogen-bond acceptors (Lipinski definition) is 3. The number of nitrogens with one attached hydrogen (secondary N) is 2. The number of ether oxygens (including phenoxy) is 2. The van der Waals surface area contributed by atoms with Crippen LogP contribution in [0.3, 0.4) is 0 Å². The molecular weight excluding hydrogens is 304 g/mol. The summed E-state index contributed by atoms with van der Waals surface area (Å²) in [6.07, 6.45) is 0. The summed E-state index contributed by atoms with van der Waals surface area (Å²) in [7, 11) is 7.11. The normalized spacial score (nSPS) is 11.7. The zero-order valence-electron chi connectivity index (χ0n) is 14.7. The summed E-state index contributed by atoms with van der Waals surface area (Å²) >= 11 is 0. The molecule has 0 aliphatic heterocycles. The molecule has 0 aliphatic rings. The van der Waals surface area contributed by atoms with Crippen LogP contribution >= 0.6 is 0 Å². The van der Waals surface area contributed by atoms with Crippen molar-refractivity contribution in [3.05, 3.63) is 59.2 Å². The predicted octanol–water partition coefficient (Wildman–Crippen LogP) is 1.28. The molecule has 2 aromatic carbocycles. The maximum Gasteiger partial charge on any atom is 0.251 e. The lowest BCUT2D eigenvalue weighted by molar-refractivity contribution is -0.907. The number of carbonyl (C=O) groups is 1. The molecule has 0 aliphatic carbocycles. The van der Waals surface area contributed by atoms with Crippen LogP contribution in [0, 0.1) is 0 Å². The van der Waals surface area contributed by atoms with E-state index in [2.05, 4.69) is 12.4 Å². The van der Waals surface area contributed by atoms with Gasteiger partial charge < -0.3 is 19.7 Å². The third-order valence-electron chi connectivity index (χ3n) is 3.93. The van der Waals surface area contributed by atoms with Gasteiger partial charge in [0.05, 0.1) is 26.8 Å². The van der Waals surface area contributed by atoms with E-state index in [9.17, 15) is 4.79 Å². The van der Waals surface area contributed by atoms with Gasteiger partial charge in [0.1, 0.15) is 24.6 Å². The van der Waals surface area contributed by atoms with Gasteiger partial charge in [-0.15, -0.1) is 0 Å². The number of methoxy groups -OCH3 is 2. The van der Waals surface area contributed by atoms with Crippen molar-refractivity contribution in [1.29, 1.82) is 0 Å². The minimum atomic E-state index is -0.0663. The summed E-state index contributed by atoms with van der Waals surface area (Å²) in [4.78, 5) is 12.9. The molecule has 0 bridgehead atoms. The fourth-order valence-electron chi connectivity index (χ4n) is 2.67. The average molecular weight is 329 g/mol. The number of carbonyl (C=O) groups excluding carboxylic acids is 1. The Hall–Kier alpha value is -2.53. The van der Waals surface area contributed by atoms with Crippen LogP contribution in [-0.4, -0.2) is 34.2 Å². The smallest absolute Gasteiger partial charge is 0.251 e. The van der Waals surface area contributed by atoms with Crippen LogP contribution in [0.1, 0.15) is 21.5 Å². The van der Waals surface area contributed by atoms with Crippen LogP contribution < -0.4 is 19.7 Å². The molecular formula is C19H25N2O3+. The molecule has 128 valence electrons. The quantitative estimate of drug-likeness (QED) is 0.805. The maximum absolute atomic E-state index is 11.6. The van der Waals surface area contributed by atoms with E-state index in [0.29, 0.717) is 5.56 Å². The SMILES string of the molecule is CNC(=O)c1ccc(C[NH+](C)Cc2cc(OC)ccc2OC)cc1. The molecule has 0 spiro atoms. The maximum atomic E-state index is 11.6. The Morgan fingerprint density at radius 1 is 1.04 bits per heavy atom. The third-order valence-corrected chi connectivity index (χ3v) is 3.93. The van der Waals surface area contributed by atoms with Crippen LogP contribution in [0.5, 0.6) is 11.5 Å². The summed E-state index contributed by atoms with van der Waals surface area (Å²) in [5.41, 5.74) is 2.96. The van der Waals surface area contributed by atoms with Crippen LogP contribution in [-0.2, 0) is 13.1 Å². The van der Waals surface area contributed by atoms with Crippen LogP contribution in [0.4, 0.5) is 0 Å². The zero-order chi connectivity index (χ0) is 17.5. The van der Waals surface area contributed by atoms with Crippen molar-refractivity contribution in [3.63, 3.8) is 0 Å². The molecule has 2 rings (SSSR count). The first-order valence-electron chi connectivity index (χ1n) is 7.90. The highest BCUT2D eigenvalue weighted by molar-refractivity contribution is 5.93. The second-order valence-electron chi connectivity index (χ2n) is 5.76. The van der Waals surface area contributed by atoms with Crippen molar-refractivity contribution in [1.82, 2.24) is 5.32 Å². The molecule has 1 amide bonds. The fourth-order valence-corrected chi connectivity index (χ4v) is 2.67. The fraction of sp³-hybridized carbons (Fsp3) is 0.316. The number of benzene rings is 2. The van der Waals surface area contributed by atoms with Crippen LogP contribution in [0.2, 0.25) is 0 Å². The number of hydrogen-bond donors (Lipinski definition) is 2. The lowest BCUT2D eigenvalue weighted by atomic mass is 10.1. The Bertz CT molecular complexity index is 684. The topological polar surface area (TPSA) is 52.0 Å². The molecule has 0 radical (unpaired) electrons. The second kappa shape index (κ2) is 8.36. The van der Waals surface area contributed by atoms with Gasteiger partial charge in [-0.2, -0.15) is 0 Å². The van der Waals surface area contributed by atoms with Gasteiger partial charge in [-0.25, -0.2) is 0 Å². The molecule has 24 heavy (non-hydrogen) atoms. The van der Waals surface area contributed by atoms with Gasteiger partial charge in [0.15, 0.2) is 0 Å². The number of rotatable bonds is 7. The van der Waals surface area contributed by atoms with E-state index in [1.165, 1.54) is 10.5 Å². The highest BCUT2D eigenvalue weighted by Crippen LogP contribution is 2.23. The second-order valence-corrected chi connectivity index (χ2v) is 5.76. The Labute approximate surface area is 143 Å². The summed E-state index contributed by atoms with van der Waals surface area (Å²) < 4.78 is 10.7. The largest absolute Gasteiger partial charge is 0.497 e. The summed E-state index contributed by atoms with van der Waals surface area (Å²) in [5, 5.41) is 2.63. The first-order valence-corrected chi connectivity index (χ1v) is 7.90. The molecule has 0 fully saturated rings. The Kier molecular flexibility index (Phi) is 6.21. The van der Waals surface area contributed by atoms with E-state index in [4.69, 9.17) is 9.47 Å². The third kappa shape index (κ3) is 4.49. The van der Waals surface area contributed by atoms with Crippen LogP contribution in [0.15, 0.2) is 42.5 Å². The van der Waals surface area contributed by atoms with E-state index in [1.807, 2.05) is 42.5 Å². The number of quaternary nitrogens is 1. The first kappa shape index (κ1) is 17.8. The van der Waals surface area contributed by atoms with Crippen LogP contribution in [0.25, 0.3) is 0 Å². The summed E-state index contributed by atoms with van der Waals surface area (Å²) in [6.45, 7) is 1.67. The number of amides is 1. The van der Waals surface area contributed by atoms with Crippen molar-refractivity contribution >= 4 is 5.91 Å². The minimum absolute atomic E-state index is 0.0663. The monoisotopic (exact) mass is 329 g/mol. The molecule has 2 aromatic rings. The van der Waals surface area contributed by atoms with E-state index < -0.39 is 0 Å². The molecule has 1 unspecified atom stereocenters. The molecule has 0 heterocycles. The van der Waals surface area contributed by atoms with Gasteiger partial charge in [-0.1, -0.05) is 12.1 Å². The average Bonchev–Trinajstić information content (AvgIpc) is 2.61. The van der Waals surface area contributed by atoms with Gasteiger partial charge in [-0.3, -0.25) is 4.79 Å². The van der Waals surface area contributed by atoms with E-state index in [1.54, 1.807) is 21.3 Å². The Morgan fingerprint density at radius 3 is 2.33 bits per heavy atom. The first-order chi connectivity index (χ1) is 11.6. The van der Waals surface area contributed by atoms with E-state index in [-0.39, 0.29) is 5.91 Å². The lowest BCUT2D eigenvalue weighted by Gasteiger charge is -2.17. The van der Waals surface area contributed by atoms with E-state index in [0.717, 1.165) is 30.2 Å². The minimum Gasteiger partial charge on any atom is -0.497 e. The van der Waals surface area contributed by atoms with Crippen molar-refractivity contribution < 1.29 is 19.2 Å². The Morgan fingerprint density at radius 2 is 1.75 bits per heavy atom. The van der Waals surface area contributed by atoms with Crippen molar-refractivity contribution in [2.45, 2.75) is 13.1 Å². The molecule has 0 saturated carbocycles. The Balaban J connectivity index is 2.05. The highest BCUT2D eigenvalue weighted by Gasteiger charge is 2.12. The predicted molar refractivity (Wildman–Crippen MR) is 93.7 cm³/mol. The standard InChI is InChI=1S/C19H24N2O3/c1-20-19(22)15-7-5-14(6-8-15)12-21(2)13-16-11-17(23-3)9-10-18(16)24-4/h5-11H,12-13H2,1-4H3,(H,20,22)/p+1. The van der Waals surface area contributed by atoms with Gasteiger partial charge in [0.2, 0.25) is 0 Å². The molecule has 5 nitrogen and oxygen atoms in total. The highest BCUT2D eigenvalue weighted by atomic mass is 16.5. The van der Waals surface area contributed by atoms with E-state index >= 15 is 0 Å². The van der Waals surface area contributed by atoms with Gasteiger partial charge in [0, 0.05) is 18.2 Å².